The van der Waals surface area contributed by atoms with Gasteiger partial charge in [-0.15, -0.1) is 14.8 Å². The summed E-state index contributed by atoms with van der Waals surface area (Å²) in [6.07, 6.45) is 7.93. The fourth-order valence-corrected chi connectivity index (χ4v) is 3.56. The van der Waals surface area contributed by atoms with Crippen molar-refractivity contribution in [3.05, 3.63) is 61.6 Å². The average molecular weight is 427 g/mol. The van der Waals surface area contributed by atoms with Gasteiger partial charge in [-0.1, -0.05) is 18.7 Å². The largest absolute Gasteiger partial charge is 0.474 e. The Morgan fingerprint density at radius 3 is 2.59 bits per heavy atom. The topological polar surface area (TPSA) is 120 Å². The molecule has 1 fully saturated rings. The quantitative estimate of drug-likeness (QED) is 0.452. The molecule has 0 spiro atoms. The third-order valence-corrected chi connectivity index (χ3v) is 5.44. The fourth-order valence-electron chi connectivity index (χ4n) is 3.56. The van der Waals surface area contributed by atoms with Gasteiger partial charge in [-0.25, -0.2) is 9.97 Å². The Morgan fingerprint density at radius 2 is 1.94 bits per heavy atom. The van der Waals surface area contributed by atoms with Crippen molar-refractivity contribution in [2.75, 3.05) is 11.1 Å². The molecule has 9 heteroatoms. The number of anilines is 2. The third-order valence-electron chi connectivity index (χ3n) is 5.44. The number of nitrogens with two attached hydrogens (primary N) is 1. The average Bonchev–Trinajstić information content (AvgIpc) is 3.18. The van der Waals surface area contributed by atoms with Crippen molar-refractivity contribution in [3.63, 3.8) is 0 Å². The van der Waals surface area contributed by atoms with Gasteiger partial charge in [0.15, 0.2) is 5.82 Å². The number of carbonyl (C=O) groups is 1. The van der Waals surface area contributed by atoms with Crippen LogP contribution in [0.4, 0.5) is 11.5 Å². The molecular weight excluding hydrogens is 406 g/mol. The van der Waals surface area contributed by atoms with Crippen LogP contribution in [-0.2, 0) is 4.79 Å². The summed E-state index contributed by atoms with van der Waals surface area (Å²) in [5, 5.41) is 11.6. The van der Waals surface area contributed by atoms with Gasteiger partial charge in [-0.3, -0.25) is 4.79 Å². The predicted molar refractivity (Wildman–Crippen MR) is 121 cm³/mol. The van der Waals surface area contributed by atoms with Gasteiger partial charge in [0.05, 0.1) is 0 Å². The molecule has 0 saturated heterocycles. The van der Waals surface area contributed by atoms with E-state index in [2.05, 4.69) is 32.1 Å². The maximum atomic E-state index is 11.6. The number of nitrogens with zero attached hydrogens (tertiary/aromatic N) is 5. The molecule has 3 heterocycles. The van der Waals surface area contributed by atoms with Crippen molar-refractivity contribution < 1.29 is 9.53 Å². The van der Waals surface area contributed by atoms with Crippen LogP contribution in [0.15, 0.2) is 61.6 Å². The number of fused-ring (bicyclic) bond motifs is 1. The highest BCUT2D eigenvalue weighted by atomic mass is 16.5. The van der Waals surface area contributed by atoms with E-state index in [1.54, 1.807) is 18.3 Å². The minimum Gasteiger partial charge on any atom is -0.474 e. The second-order valence-electron chi connectivity index (χ2n) is 7.53. The van der Waals surface area contributed by atoms with Crippen molar-refractivity contribution in [1.29, 1.82) is 0 Å². The number of nitrogens with one attached hydrogen (secondary N) is 1. The van der Waals surface area contributed by atoms with Gasteiger partial charge >= 0.3 is 0 Å². The summed E-state index contributed by atoms with van der Waals surface area (Å²) in [7, 11) is 0. The normalized spacial score (nSPS) is 13.5. The first-order valence-corrected chi connectivity index (χ1v) is 10.3. The van der Waals surface area contributed by atoms with Crippen molar-refractivity contribution in [3.8, 4) is 28.3 Å². The van der Waals surface area contributed by atoms with Crippen LogP contribution in [0.2, 0.25) is 0 Å². The fraction of sp³-hybridized carbons (Fsp3) is 0.174. The maximum absolute atomic E-state index is 11.6. The molecule has 0 atom stereocenters. The number of pyridine rings is 1. The van der Waals surface area contributed by atoms with E-state index in [-0.39, 0.29) is 12.0 Å². The van der Waals surface area contributed by atoms with Gasteiger partial charge in [0, 0.05) is 34.6 Å². The molecule has 0 bridgehead atoms. The second-order valence-corrected chi connectivity index (χ2v) is 7.53. The third kappa shape index (κ3) is 3.64. The summed E-state index contributed by atoms with van der Waals surface area (Å²) >= 11 is 0. The van der Waals surface area contributed by atoms with E-state index >= 15 is 0 Å². The molecule has 3 N–H and O–H groups in total. The van der Waals surface area contributed by atoms with Gasteiger partial charge in [0.25, 0.3) is 0 Å². The van der Waals surface area contributed by atoms with Crippen molar-refractivity contribution >= 4 is 22.9 Å². The number of hydrogen-bond acceptors (Lipinski definition) is 7. The molecular formula is C23H21N7O2. The van der Waals surface area contributed by atoms with Crippen LogP contribution in [-0.4, -0.2) is 36.8 Å². The summed E-state index contributed by atoms with van der Waals surface area (Å²) in [6, 6.07) is 11.1. The summed E-state index contributed by atoms with van der Waals surface area (Å²) in [4.78, 5) is 20.2. The Hall–Kier alpha value is -4.27. The molecule has 1 saturated carbocycles. The van der Waals surface area contributed by atoms with E-state index in [9.17, 15) is 4.79 Å². The Balaban J connectivity index is 1.56. The van der Waals surface area contributed by atoms with E-state index in [1.165, 1.54) is 23.5 Å². The molecule has 4 aromatic rings. The van der Waals surface area contributed by atoms with Gasteiger partial charge < -0.3 is 15.8 Å². The number of hydrogen-bond donors (Lipinski definition) is 2. The maximum Gasteiger partial charge on any atom is 0.247 e. The molecule has 160 valence electrons. The lowest BCUT2D eigenvalue weighted by Gasteiger charge is -2.25. The predicted octanol–water partition coefficient (Wildman–Crippen LogP) is 3.49. The Kier molecular flexibility index (Phi) is 4.98. The van der Waals surface area contributed by atoms with Crippen molar-refractivity contribution in [2.24, 2.45) is 0 Å². The zero-order chi connectivity index (χ0) is 22.1. The highest BCUT2D eigenvalue weighted by Gasteiger charge is 2.22. The van der Waals surface area contributed by atoms with E-state index in [0.29, 0.717) is 28.6 Å². The van der Waals surface area contributed by atoms with Gasteiger partial charge in [0.2, 0.25) is 11.8 Å². The molecule has 32 heavy (non-hydrogen) atoms. The molecule has 1 aliphatic rings. The number of ether oxygens (including phenoxy) is 1. The molecule has 3 aromatic heterocycles. The molecule has 1 aliphatic carbocycles. The van der Waals surface area contributed by atoms with Crippen molar-refractivity contribution in [2.45, 2.75) is 25.4 Å². The van der Waals surface area contributed by atoms with E-state index in [4.69, 9.17) is 10.5 Å². The van der Waals surface area contributed by atoms with E-state index < -0.39 is 0 Å². The second kappa shape index (κ2) is 8.10. The Bertz CT molecular complexity index is 1290. The summed E-state index contributed by atoms with van der Waals surface area (Å²) in [6.45, 7) is 3.47. The van der Waals surface area contributed by atoms with Crippen LogP contribution in [0, 0.1) is 0 Å². The highest BCUT2D eigenvalue weighted by molar-refractivity contribution is 5.99. The van der Waals surface area contributed by atoms with Gasteiger partial charge in [0.1, 0.15) is 23.6 Å². The Morgan fingerprint density at radius 1 is 1.16 bits per heavy atom. The molecule has 0 unspecified atom stereocenters. The monoisotopic (exact) mass is 427 g/mol. The van der Waals surface area contributed by atoms with Gasteiger partial charge in [-0.2, -0.15) is 0 Å². The lowest BCUT2D eigenvalue weighted by atomic mass is 9.96. The standard InChI is InChI=1S/C23H21N7O2/c1-2-18(31)28-16-9-6-14(7-10-16)21-20(22-23(24)26-13-27-30(22)29-21)15-8-11-19(25-12-15)32-17-4-3-5-17/h2,6-13,17H,1,3-5H2,(H,28,31)(H2,24,26,27). The minimum absolute atomic E-state index is 0.255. The number of benzene rings is 1. The first-order chi connectivity index (χ1) is 15.6. The first-order valence-electron chi connectivity index (χ1n) is 10.3. The van der Waals surface area contributed by atoms with E-state index in [0.717, 1.165) is 29.5 Å². The summed E-state index contributed by atoms with van der Waals surface area (Å²) in [5.41, 5.74) is 10.5. The number of rotatable bonds is 6. The lowest BCUT2D eigenvalue weighted by Crippen LogP contribution is -2.24. The number of carbonyl (C=O) groups excluding carboxylic acids is 1. The van der Waals surface area contributed by atoms with Crippen LogP contribution >= 0.6 is 0 Å². The number of aromatic nitrogens is 5. The molecule has 0 aliphatic heterocycles. The van der Waals surface area contributed by atoms with E-state index in [1.807, 2.05) is 24.3 Å². The number of nitrogen functional groups attached to an aromatic ring is 1. The van der Waals surface area contributed by atoms with Gasteiger partial charge in [-0.05, 0) is 43.5 Å². The smallest absolute Gasteiger partial charge is 0.247 e. The minimum atomic E-state index is -0.274. The van der Waals surface area contributed by atoms with Crippen LogP contribution in [0.5, 0.6) is 5.88 Å². The summed E-state index contributed by atoms with van der Waals surface area (Å²) < 4.78 is 7.35. The molecule has 9 nitrogen and oxygen atoms in total. The number of amides is 1. The molecule has 1 amide bonds. The molecule has 0 radical (unpaired) electrons. The lowest BCUT2D eigenvalue weighted by molar-refractivity contribution is -0.111. The highest BCUT2D eigenvalue weighted by Crippen LogP contribution is 2.37. The Labute approximate surface area is 184 Å². The van der Waals surface area contributed by atoms with Crippen LogP contribution in [0.1, 0.15) is 19.3 Å². The van der Waals surface area contributed by atoms with Crippen LogP contribution < -0.4 is 15.8 Å². The first kappa shape index (κ1) is 19.7. The SMILES string of the molecule is C=CC(=O)Nc1ccc(-c2nn3ncnc(N)c3c2-c2ccc(OC3CCC3)nc2)cc1. The van der Waals surface area contributed by atoms with Crippen LogP contribution in [0.25, 0.3) is 27.9 Å². The van der Waals surface area contributed by atoms with Crippen molar-refractivity contribution in [1.82, 2.24) is 24.8 Å². The summed E-state index contributed by atoms with van der Waals surface area (Å²) in [5.74, 6) is 0.644. The zero-order valence-electron chi connectivity index (χ0n) is 17.2. The van der Waals surface area contributed by atoms with Crippen LogP contribution in [0.3, 0.4) is 0 Å². The zero-order valence-corrected chi connectivity index (χ0v) is 17.2. The molecule has 5 rings (SSSR count). The molecule has 1 aromatic carbocycles.